The maximum Gasteiger partial charge on any atom is 0.261 e. The molecule has 0 atom stereocenters. The van der Waals surface area contributed by atoms with Crippen molar-refractivity contribution in [1.82, 2.24) is 9.80 Å². The van der Waals surface area contributed by atoms with Crippen LogP contribution in [0.3, 0.4) is 0 Å². The monoisotopic (exact) mass is 386 g/mol. The summed E-state index contributed by atoms with van der Waals surface area (Å²) in [6, 6.07) is 19.5. The first-order chi connectivity index (χ1) is 14.2. The van der Waals surface area contributed by atoms with Crippen LogP contribution in [-0.2, 0) is 17.8 Å². The van der Waals surface area contributed by atoms with E-state index in [-0.39, 0.29) is 18.4 Å². The number of rotatable bonds is 4. The molecule has 3 aromatic rings. The fourth-order valence-corrected chi connectivity index (χ4v) is 4.32. The van der Waals surface area contributed by atoms with Gasteiger partial charge in [0.2, 0.25) is 0 Å². The summed E-state index contributed by atoms with van der Waals surface area (Å²) in [5.41, 5.74) is 3.20. The molecule has 0 aliphatic carbocycles. The van der Waals surface area contributed by atoms with E-state index in [1.54, 1.807) is 24.3 Å². The van der Waals surface area contributed by atoms with Crippen molar-refractivity contribution >= 4 is 22.6 Å². The van der Waals surface area contributed by atoms with Gasteiger partial charge >= 0.3 is 0 Å². The van der Waals surface area contributed by atoms with Gasteiger partial charge in [0.15, 0.2) is 0 Å². The Labute approximate surface area is 169 Å². The molecule has 5 nitrogen and oxygen atoms in total. The minimum atomic E-state index is -0.215. The van der Waals surface area contributed by atoms with E-state index in [1.807, 2.05) is 12.1 Å². The van der Waals surface area contributed by atoms with E-state index >= 15 is 0 Å². The molecule has 1 fully saturated rings. The standard InChI is InChI=1S/C24H22N2O3/c27-23-20-9-1-2-10-21(20)24(28)26(23)16-19-8-4-6-17-5-3-7-18(22(17)19)15-25-11-13-29-14-12-25/h1-10H,11-16H2. The number of amides is 2. The number of hydrogen-bond donors (Lipinski definition) is 0. The first-order valence-corrected chi connectivity index (χ1v) is 9.97. The van der Waals surface area contributed by atoms with Gasteiger partial charge < -0.3 is 4.74 Å². The summed E-state index contributed by atoms with van der Waals surface area (Å²) in [4.78, 5) is 29.4. The van der Waals surface area contributed by atoms with Crippen LogP contribution in [0.2, 0.25) is 0 Å². The lowest BCUT2D eigenvalue weighted by atomic mass is 9.98. The summed E-state index contributed by atoms with van der Waals surface area (Å²) < 4.78 is 5.47. The average molecular weight is 386 g/mol. The summed E-state index contributed by atoms with van der Waals surface area (Å²) in [5.74, 6) is -0.429. The van der Waals surface area contributed by atoms with Gasteiger partial charge in [-0.05, 0) is 34.0 Å². The predicted octanol–water partition coefficient (Wildman–Crippen LogP) is 3.47. The Kier molecular flexibility index (Phi) is 4.62. The molecule has 2 aliphatic rings. The molecule has 2 aliphatic heterocycles. The lowest BCUT2D eigenvalue weighted by Crippen LogP contribution is -2.35. The molecule has 146 valence electrons. The Balaban J connectivity index is 1.51. The van der Waals surface area contributed by atoms with Crippen molar-refractivity contribution in [3.05, 3.63) is 82.9 Å². The summed E-state index contributed by atoms with van der Waals surface area (Å²) in [5, 5.41) is 2.27. The molecule has 0 saturated carbocycles. The second kappa shape index (κ2) is 7.43. The molecule has 0 radical (unpaired) electrons. The lowest BCUT2D eigenvalue weighted by Gasteiger charge is -2.27. The number of carbonyl (C=O) groups is 2. The predicted molar refractivity (Wildman–Crippen MR) is 111 cm³/mol. The SMILES string of the molecule is O=C1c2ccccc2C(=O)N1Cc1cccc2cccc(CN3CCOCC3)c12. The molecule has 0 aromatic heterocycles. The van der Waals surface area contributed by atoms with E-state index in [0.717, 1.165) is 49.2 Å². The highest BCUT2D eigenvalue weighted by Crippen LogP contribution is 2.29. The van der Waals surface area contributed by atoms with E-state index in [0.29, 0.717) is 11.1 Å². The van der Waals surface area contributed by atoms with Crippen molar-refractivity contribution in [2.45, 2.75) is 13.1 Å². The molecule has 5 heteroatoms. The zero-order valence-corrected chi connectivity index (χ0v) is 16.1. The van der Waals surface area contributed by atoms with E-state index < -0.39 is 0 Å². The first-order valence-electron chi connectivity index (χ1n) is 9.97. The summed E-state index contributed by atoms with van der Waals surface area (Å²) >= 11 is 0. The van der Waals surface area contributed by atoms with Gasteiger partial charge in [-0.25, -0.2) is 0 Å². The first kappa shape index (κ1) is 18.0. The molecular formula is C24H22N2O3. The minimum Gasteiger partial charge on any atom is -0.379 e. The van der Waals surface area contributed by atoms with Gasteiger partial charge in [-0.1, -0.05) is 48.5 Å². The van der Waals surface area contributed by atoms with Crippen molar-refractivity contribution in [3.8, 4) is 0 Å². The molecule has 5 rings (SSSR count). The molecule has 0 unspecified atom stereocenters. The summed E-state index contributed by atoms with van der Waals surface area (Å²) in [6.45, 7) is 4.46. The Bertz CT molecular complexity index is 1060. The maximum atomic E-state index is 12.8. The van der Waals surface area contributed by atoms with E-state index in [4.69, 9.17) is 4.74 Å². The number of nitrogens with zero attached hydrogens (tertiary/aromatic N) is 2. The number of benzene rings is 3. The highest BCUT2D eigenvalue weighted by atomic mass is 16.5. The van der Waals surface area contributed by atoms with Crippen LogP contribution in [0.15, 0.2) is 60.7 Å². The van der Waals surface area contributed by atoms with E-state index in [2.05, 4.69) is 29.2 Å². The lowest BCUT2D eigenvalue weighted by molar-refractivity contribution is 0.0343. The molecule has 0 spiro atoms. The van der Waals surface area contributed by atoms with Crippen LogP contribution in [0.4, 0.5) is 0 Å². The normalized spacial score (nSPS) is 17.2. The van der Waals surface area contributed by atoms with Gasteiger partial charge in [-0.3, -0.25) is 19.4 Å². The van der Waals surface area contributed by atoms with Crippen molar-refractivity contribution in [2.24, 2.45) is 0 Å². The van der Waals surface area contributed by atoms with Crippen molar-refractivity contribution < 1.29 is 14.3 Å². The highest BCUT2D eigenvalue weighted by molar-refractivity contribution is 6.21. The largest absolute Gasteiger partial charge is 0.379 e. The molecule has 3 aromatic carbocycles. The zero-order valence-electron chi connectivity index (χ0n) is 16.1. The third-order valence-corrected chi connectivity index (χ3v) is 5.78. The second-order valence-electron chi connectivity index (χ2n) is 7.56. The van der Waals surface area contributed by atoms with E-state index in [1.165, 1.54) is 10.5 Å². The van der Waals surface area contributed by atoms with Crippen LogP contribution >= 0.6 is 0 Å². The minimum absolute atomic E-state index is 0.215. The molecule has 1 saturated heterocycles. The Morgan fingerprint density at radius 2 is 1.31 bits per heavy atom. The quantitative estimate of drug-likeness (QED) is 0.645. The summed E-state index contributed by atoms with van der Waals surface area (Å²) in [6.07, 6.45) is 0. The van der Waals surface area contributed by atoms with Crippen LogP contribution in [0.1, 0.15) is 31.8 Å². The molecule has 0 N–H and O–H groups in total. The van der Waals surface area contributed by atoms with Crippen molar-refractivity contribution in [1.29, 1.82) is 0 Å². The van der Waals surface area contributed by atoms with Crippen LogP contribution in [0.5, 0.6) is 0 Å². The van der Waals surface area contributed by atoms with Gasteiger partial charge in [0.25, 0.3) is 11.8 Å². The van der Waals surface area contributed by atoms with Crippen LogP contribution in [0.25, 0.3) is 10.8 Å². The topological polar surface area (TPSA) is 49.9 Å². The third kappa shape index (κ3) is 3.22. The van der Waals surface area contributed by atoms with Crippen LogP contribution in [0, 0.1) is 0 Å². The van der Waals surface area contributed by atoms with Gasteiger partial charge in [-0.15, -0.1) is 0 Å². The van der Waals surface area contributed by atoms with Crippen molar-refractivity contribution in [3.63, 3.8) is 0 Å². The smallest absolute Gasteiger partial charge is 0.261 e. The maximum absolute atomic E-state index is 12.8. The molecule has 2 heterocycles. The molecule has 29 heavy (non-hydrogen) atoms. The Morgan fingerprint density at radius 1 is 0.724 bits per heavy atom. The van der Waals surface area contributed by atoms with Gasteiger partial charge in [0.05, 0.1) is 30.9 Å². The Morgan fingerprint density at radius 3 is 1.93 bits per heavy atom. The van der Waals surface area contributed by atoms with Crippen molar-refractivity contribution in [2.75, 3.05) is 26.3 Å². The van der Waals surface area contributed by atoms with Gasteiger partial charge in [0.1, 0.15) is 0 Å². The fraction of sp³-hybridized carbons (Fsp3) is 0.250. The number of imide groups is 1. The number of ether oxygens (including phenoxy) is 1. The average Bonchev–Trinajstić information content (AvgIpc) is 3.00. The molecule has 2 amide bonds. The zero-order chi connectivity index (χ0) is 19.8. The van der Waals surface area contributed by atoms with Crippen LogP contribution < -0.4 is 0 Å². The fourth-order valence-electron chi connectivity index (χ4n) is 4.32. The summed E-state index contributed by atoms with van der Waals surface area (Å²) in [7, 11) is 0. The molecular weight excluding hydrogens is 364 g/mol. The van der Waals surface area contributed by atoms with Gasteiger partial charge in [0, 0.05) is 19.6 Å². The van der Waals surface area contributed by atoms with Crippen LogP contribution in [-0.4, -0.2) is 47.9 Å². The van der Waals surface area contributed by atoms with E-state index in [9.17, 15) is 9.59 Å². The third-order valence-electron chi connectivity index (χ3n) is 5.78. The Hall–Kier alpha value is -3.02. The van der Waals surface area contributed by atoms with Gasteiger partial charge in [-0.2, -0.15) is 0 Å². The number of hydrogen-bond acceptors (Lipinski definition) is 4. The number of carbonyl (C=O) groups excluding carboxylic acids is 2. The molecule has 0 bridgehead atoms. The second-order valence-corrected chi connectivity index (χ2v) is 7.56. The highest BCUT2D eigenvalue weighted by Gasteiger charge is 2.35. The number of fused-ring (bicyclic) bond motifs is 2. The number of morpholine rings is 1.